The maximum Gasteiger partial charge on any atom is 0.0762 e. The van der Waals surface area contributed by atoms with Crippen LogP contribution in [-0.2, 0) is 11.3 Å². The number of hydrogen-bond donors (Lipinski definition) is 1. The first-order valence-corrected chi connectivity index (χ1v) is 6.82. The van der Waals surface area contributed by atoms with Crippen LogP contribution in [-0.4, -0.2) is 26.3 Å². The van der Waals surface area contributed by atoms with E-state index in [1.54, 1.807) is 7.11 Å². The number of ether oxygens (including phenoxy) is 1. The van der Waals surface area contributed by atoms with Gasteiger partial charge in [-0.15, -0.1) is 0 Å². The van der Waals surface area contributed by atoms with Crippen LogP contribution in [0.3, 0.4) is 0 Å². The largest absolute Gasteiger partial charge is 0.380 e. The zero-order valence-electron chi connectivity index (χ0n) is 11.3. The smallest absolute Gasteiger partial charge is 0.0762 e. The minimum Gasteiger partial charge on any atom is -0.380 e. The van der Waals surface area contributed by atoms with Gasteiger partial charge < -0.3 is 15.4 Å². The predicted molar refractivity (Wildman–Crippen MR) is 79.5 cm³/mol. The van der Waals surface area contributed by atoms with Gasteiger partial charge in [-0.05, 0) is 23.4 Å². The van der Waals surface area contributed by atoms with Gasteiger partial charge in [0.05, 0.1) is 6.10 Å². The summed E-state index contributed by atoms with van der Waals surface area (Å²) in [5.74, 6) is 0. The molecule has 19 heavy (non-hydrogen) atoms. The molecule has 100 valence electrons. The summed E-state index contributed by atoms with van der Waals surface area (Å²) in [4.78, 5) is 2.41. The molecule has 1 heterocycles. The number of hydrogen-bond acceptors (Lipinski definition) is 3. The Balaban J connectivity index is 2.05. The summed E-state index contributed by atoms with van der Waals surface area (Å²) in [7, 11) is 1.80. The molecule has 0 aliphatic carbocycles. The summed E-state index contributed by atoms with van der Waals surface area (Å²) < 4.78 is 5.46. The maximum atomic E-state index is 5.83. The van der Waals surface area contributed by atoms with E-state index in [0.29, 0.717) is 12.6 Å². The number of nitrogens with zero attached hydrogens (tertiary/aromatic N) is 1. The van der Waals surface area contributed by atoms with E-state index in [1.807, 2.05) is 0 Å². The Morgan fingerprint density at radius 2 is 2.00 bits per heavy atom. The quantitative estimate of drug-likeness (QED) is 0.917. The number of fused-ring (bicyclic) bond motifs is 1. The second-order valence-corrected chi connectivity index (χ2v) is 5.09. The first-order chi connectivity index (χ1) is 9.33. The van der Waals surface area contributed by atoms with E-state index in [2.05, 4.69) is 41.3 Å². The molecule has 3 rings (SSSR count). The molecule has 1 unspecified atom stereocenters. The third-order valence-corrected chi connectivity index (χ3v) is 4.03. The first kappa shape index (κ1) is 12.5. The molecular weight excluding hydrogens is 236 g/mol. The summed E-state index contributed by atoms with van der Waals surface area (Å²) in [6.45, 7) is 2.62. The summed E-state index contributed by atoms with van der Waals surface area (Å²) in [5.41, 5.74) is 8.34. The average Bonchev–Trinajstić information content (AvgIpc) is 2.95. The van der Waals surface area contributed by atoms with Crippen LogP contribution in [0.5, 0.6) is 0 Å². The van der Waals surface area contributed by atoms with E-state index >= 15 is 0 Å². The van der Waals surface area contributed by atoms with Crippen molar-refractivity contribution in [1.29, 1.82) is 0 Å². The lowest BCUT2D eigenvalue weighted by molar-refractivity contribution is 0.121. The maximum absolute atomic E-state index is 5.83. The molecule has 0 radical (unpaired) electrons. The molecule has 0 spiro atoms. The molecular formula is C16H20N2O. The molecule has 3 heteroatoms. The van der Waals surface area contributed by atoms with Crippen molar-refractivity contribution in [3.63, 3.8) is 0 Å². The highest BCUT2D eigenvalue weighted by Gasteiger charge is 2.23. The van der Waals surface area contributed by atoms with Gasteiger partial charge in [-0.2, -0.15) is 0 Å². The van der Waals surface area contributed by atoms with Gasteiger partial charge in [0.25, 0.3) is 0 Å². The van der Waals surface area contributed by atoms with Gasteiger partial charge in [0.2, 0.25) is 0 Å². The molecule has 0 aromatic heterocycles. The molecule has 2 N–H and O–H groups in total. The van der Waals surface area contributed by atoms with Crippen molar-refractivity contribution in [3.05, 3.63) is 42.0 Å². The zero-order valence-corrected chi connectivity index (χ0v) is 11.3. The minimum atomic E-state index is 0.355. The summed E-state index contributed by atoms with van der Waals surface area (Å²) >= 11 is 0. The highest BCUT2D eigenvalue weighted by Crippen LogP contribution is 2.31. The van der Waals surface area contributed by atoms with Gasteiger partial charge in [0, 0.05) is 37.8 Å². The van der Waals surface area contributed by atoms with Crippen LogP contribution in [0.25, 0.3) is 10.8 Å². The molecule has 1 aliphatic heterocycles. The van der Waals surface area contributed by atoms with Crippen LogP contribution in [0.15, 0.2) is 36.4 Å². The molecule has 0 bridgehead atoms. The predicted octanol–water partition coefficient (Wildman–Crippen LogP) is 2.52. The van der Waals surface area contributed by atoms with E-state index in [4.69, 9.17) is 10.5 Å². The SMILES string of the molecule is COC1CCN(c2ccc(CN)c3ccccc23)C1. The average molecular weight is 256 g/mol. The Morgan fingerprint density at radius 1 is 1.21 bits per heavy atom. The third kappa shape index (κ3) is 2.20. The van der Waals surface area contributed by atoms with Crippen LogP contribution in [0.1, 0.15) is 12.0 Å². The van der Waals surface area contributed by atoms with Crippen molar-refractivity contribution in [2.24, 2.45) is 5.73 Å². The Bertz CT molecular complexity index is 582. The van der Waals surface area contributed by atoms with Gasteiger partial charge in [0.1, 0.15) is 0 Å². The zero-order chi connectivity index (χ0) is 13.2. The number of methoxy groups -OCH3 is 1. The molecule has 0 saturated carbocycles. The molecule has 2 aromatic rings. The van der Waals surface area contributed by atoms with E-state index in [-0.39, 0.29) is 0 Å². The van der Waals surface area contributed by atoms with Crippen molar-refractivity contribution in [2.75, 3.05) is 25.1 Å². The standard InChI is InChI=1S/C16H20N2O/c1-19-13-8-9-18(11-13)16-7-6-12(10-17)14-4-2-3-5-15(14)16/h2-7,13H,8-11,17H2,1H3. The highest BCUT2D eigenvalue weighted by molar-refractivity contribution is 5.96. The summed E-state index contributed by atoms with van der Waals surface area (Å²) in [5, 5.41) is 2.56. The third-order valence-electron chi connectivity index (χ3n) is 4.03. The normalized spacial score (nSPS) is 19.3. The fourth-order valence-corrected chi connectivity index (χ4v) is 2.94. The first-order valence-electron chi connectivity index (χ1n) is 6.82. The molecule has 1 saturated heterocycles. The number of rotatable bonds is 3. The Labute approximate surface area is 114 Å². The van der Waals surface area contributed by atoms with E-state index < -0.39 is 0 Å². The van der Waals surface area contributed by atoms with Crippen LogP contribution in [0.4, 0.5) is 5.69 Å². The van der Waals surface area contributed by atoms with E-state index in [0.717, 1.165) is 19.5 Å². The molecule has 1 atom stereocenters. The van der Waals surface area contributed by atoms with E-state index in [1.165, 1.54) is 22.0 Å². The molecule has 0 amide bonds. The Hall–Kier alpha value is -1.58. The van der Waals surface area contributed by atoms with Gasteiger partial charge in [0.15, 0.2) is 0 Å². The van der Waals surface area contributed by atoms with Crippen molar-refractivity contribution < 1.29 is 4.74 Å². The van der Waals surface area contributed by atoms with Crippen LogP contribution < -0.4 is 10.6 Å². The minimum absolute atomic E-state index is 0.355. The topological polar surface area (TPSA) is 38.5 Å². The van der Waals surface area contributed by atoms with Gasteiger partial charge in [-0.25, -0.2) is 0 Å². The fraction of sp³-hybridized carbons (Fsp3) is 0.375. The number of anilines is 1. The molecule has 1 aliphatic rings. The van der Waals surface area contributed by atoms with Crippen molar-refractivity contribution >= 4 is 16.5 Å². The van der Waals surface area contributed by atoms with Crippen LogP contribution in [0, 0.1) is 0 Å². The Kier molecular flexibility index (Phi) is 3.40. The summed E-state index contributed by atoms with van der Waals surface area (Å²) in [6, 6.07) is 12.9. The molecule has 2 aromatic carbocycles. The lowest BCUT2D eigenvalue weighted by Gasteiger charge is -2.21. The lowest BCUT2D eigenvalue weighted by Crippen LogP contribution is -2.22. The number of nitrogens with two attached hydrogens (primary N) is 1. The van der Waals surface area contributed by atoms with Crippen molar-refractivity contribution in [1.82, 2.24) is 0 Å². The second kappa shape index (κ2) is 5.19. The second-order valence-electron chi connectivity index (χ2n) is 5.09. The monoisotopic (exact) mass is 256 g/mol. The van der Waals surface area contributed by atoms with Gasteiger partial charge >= 0.3 is 0 Å². The van der Waals surface area contributed by atoms with Crippen LogP contribution in [0.2, 0.25) is 0 Å². The number of benzene rings is 2. The molecule has 3 nitrogen and oxygen atoms in total. The highest BCUT2D eigenvalue weighted by atomic mass is 16.5. The molecule has 1 fully saturated rings. The van der Waals surface area contributed by atoms with E-state index in [9.17, 15) is 0 Å². The Morgan fingerprint density at radius 3 is 2.68 bits per heavy atom. The lowest BCUT2D eigenvalue weighted by atomic mass is 10.0. The van der Waals surface area contributed by atoms with Gasteiger partial charge in [-0.3, -0.25) is 0 Å². The summed E-state index contributed by atoms with van der Waals surface area (Å²) in [6.07, 6.45) is 1.46. The fourth-order valence-electron chi connectivity index (χ4n) is 2.94. The van der Waals surface area contributed by atoms with Gasteiger partial charge in [-0.1, -0.05) is 30.3 Å². The van der Waals surface area contributed by atoms with Crippen molar-refractivity contribution in [3.8, 4) is 0 Å². The van der Waals surface area contributed by atoms with Crippen LogP contribution >= 0.6 is 0 Å². The van der Waals surface area contributed by atoms with Crippen molar-refractivity contribution in [2.45, 2.75) is 19.1 Å².